The summed E-state index contributed by atoms with van der Waals surface area (Å²) in [5, 5.41) is 0. The zero-order chi connectivity index (χ0) is 13.2. The van der Waals surface area contributed by atoms with Gasteiger partial charge < -0.3 is 15.2 Å². The Bertz CT molecular complexity index is 333. The second-order valence-electron chi connectivity index (χ2n) is 4.24. The summed E-state index contributed by atoms with van der Waals surface area (Å²) in [4.78, 5) is 0. The summed E-state index contributed by atoms with van der Waals surface area (Å²) in [7, 11) is 1.68. The topological polar surface area (TPSA) is 44.5 Å². The molecule has 0 bridgehead atoms. The summed E-state index contributed by atoms with van der Waals surface area (Å²) in [6, 6.07) is 8.36. The van der Waals surface area contributed by atoms with Gasteiger partial charge in [0.05, 0.1) is 13.2 Å². The van der Waals surface area contributed by atoms with Gasteiger partial charge in [-0.15, -0.1) is 0 Å². The van der Waals surface area contributed by atoms with Gasteiger partial charge in [0.25, 0.3) is 0 Å². The number of halogens is 1. The molecule has 1 aromatic rings. The lowest BCUT2D eigenvalue weighted by molar-refractivity contribution is 0.0682. The van der Waals surface area contributed by atoms with Crippen LogP contribution in [0.25, 0.3) is 0 Å². The molecule has 0 aromatic heterocycles. The summed E-state index contributed by atoms with van der Waals surface area (Å²) in [6.45, 7) is 2.77. The fourth-order valence-electron chi connectivity index (χ4n) is 1.86. The molecule has 0 heterocycles. The van der Waals surface area contributed by atoms with Gasteiger partial charge in [0, 0.05) is 18.2 Å². The van der Waals surface area contributed by atoms with Crippen LogP contribution in [0.15, 0.2) is 28.7 Å². The standard InChI is InChI=1S/C14H22BrNO2/c1-17-8-9-18-7-3-5-13(11-16)12-4-2-6-14(15)10-12/h2,4,6,10,13H,3,5,7-9,11,16H2,1H3. The molecule has 0 amide bonds. The minimum atomic E-state index is 0.411. The average molecular weight is 316 g/mol. The van der Waals surface area contributed by atoms with E-state index in [-0.39, 0.29) is 0 Å². The molecule has 0 radical (unpaired) electrons. The van der Waals surface area contributed by atoms with Crippen molar-refractivity contribution in [3.8, 4) is 0 Å². The maximum absolute atomic E-state index is 5.84. The Morgan fingerprint density at radius 2 is 2.11 bits per heavy atom. The van der Waals surface area contributed by atoms with Crippen LogP contribution in [0, 0.1) is 0 Å². The Balaban J connectivity index is 2.29. The van der Waals surface area contributed by atoms with Gasteiger partial charge in [0.2, 0.25) is 0 Å². The van der Waals surface area contributed by atoms with Crippen LogP contribution in [0.5, 0.6) is 0 Å². The zero-order valence-electron chi connectivity index (χ0n) is 10.9. The van der Waals surface area contributed by atoms with Crippen LogP contribution >= 0.6 is 15.9 Å². The molecule has 0 aliphatic carbocycles. The first-order valence-electron chi connectivity index (χ1n) is 6.30. The van der Waals surface area contributed by atoms with Crippen LogP contribution in [0.3, 0.4) is 0 Å². The van der Waals surface area contributed by atoms with E-state index in [4.69, 9.17) is 15.2 Å². The summed E-state index contributed by atoms with van der Waals surface area (Å²) < 4.78 is 11.5. The van der Waals surface area contributed by atoms with Crippen molar-refractivity contribution in [1.82, 2.24) is 0 Å². The highest BCUT2D eigenvalue weighted by atomic mass is 79.9. The van der Waals surface area contributed by atoms with Crippen molar-refractivity contribution >= 4 is 15.9 Å². The van der Waals surface area contributed by atoms with Crippen LogP contribution in [0.4, 0.5) is 0 Å². The Labute approximate surface area is 118 Å². The van der Waals surface area contributed by atoms with E-state index in [0.29, 0.717) is 25.7 Å². The molecule has 1 unspecified atom stereocenters. The molecule has 0 fully saturated rings. The van der Waals surface area contributed by atoms with E-state index >= 15 is 0 Å². The molecule has 18 heavy (non-hydrogen) atoms. The number of rotatable bonds is 9. The third-order valence-electron chi connectivity index (χ3n) is 2.88. The van der Waals surface area contributed by atoms with Gasteiger partial charge in [0.15, 0.2) is 0 Å². The van der Waals surface area contributed by atoms with Gasteiger partial charge in [-0.05, 0) is 43.0 Å². The molecular weight excluding hydrogens is 294 g/mol. The number of ether oxygens (including phenoxy) is 2. The molecule has 0 aliphatic rings. The molecule has 1 aromatic carbocycles. The van der Waals surface area contributed by atoms with E-state index in [0.717, 1.165) is 23.9 Å². The average Bonchev–Trinajstić information content (AvgIpc) is 2.38. The quantitative estimate of drug-likeness (QED) is 0.713. The fraction of sp³-hybridized carbons (Fsp3) is 0.571. The molecule has 102 valence electrons. The van der Waals surface area contributed by atoms with E-state index < -0.39 is 0 Å². The predicted molar refractivity (Wildman–Crippen MR) is 77.9 cm³/mol. The number of methoxy groups -OCH3 is 1. The predicted octanol–water partition coefficient (Wildman–Crippen LogP) is 2.93. The molecule has 2 N–H and O–H groups in total. The Morgan fingerprint density at radius 3 is 2.78 bits per heavy atom. The lowest BCUT2D eigenvalue weighted by Crippen LogP contribution is -2.13. The minimum Gasteiger partial charge on any atom is -0.382 e. The van der Waals surface area contributed by atoms with Gasteiger partial charge in [-0.2, -0.15) is 0 Å². The van der Waals surface area contributed by atoms with E-state index in [1.54, 1.807) is 7.11 Å². The van der Waals surface area contributed by atoms with Crippen LogP contribution < -0.4 is 5.73 Å². The van der Waals surface area contributed by atoms with Crippen molar-refractivity contribution in [3.63, 3.8) is 0 Å². The van der Waals surface area contributed by atoms with E-state index in [1.165, 1.54) is 5.56 Å². The lowest BCUT2D eigenvalue weighted by Gasteiger charge is -2.15. The second kappa shape index (κ2) is 9.50. The van der Waals surface area contributed by atoms with E-state index in [9.17, 15) is 0 Å². The molecule has 3 nitrogen and oxygen atoms in total. The fourth-order valence-corrected chi connectivity index (χ4v) is 2.27. The molecular formula is C14H22BrNO2. The first kappa shape index (κ1) is 15.6. The Hall–Kier alpha value is -0.420. The first-order valence-corrected chi connectivity index (χ1v) is 7.09. The molecule has 1 atom stereocenters. The van der Waals surface area contributed by atoms with Crippen LogP contribution in [-0.4, -0.2) is 33.5 Å². The van der Waals surface area contributed by atoms with Crippen molar-refractivity contribution in [2.45, 2.75) is 18.8 Å². The van der Waals surface area contributed by atoms with Crippen LogP contribution in [0.1, 0.15) is 24.3 Å². The molecule has 0 saturated carbocycles. The molecule has 0 saturated heterocycles. The normalized spacial score (nSPS) is 12.6. The van der Waals surface area contributed by atoms with Crippen molar-refractivity contribution < 1.29 is 9.47 Å². The van der Waals surface area contributed by atoms with Gasteiger partial charge in [-0.3, -0.25) is 0 Å². The summed E-state index contributed by atoms with van der Waals surface area (Å²) >= 11 is 3.49. The van der Waals surface area contributed by atoms with Crippen molar-refractivity contribution in [2.75, 3.05) is 33.5 Å². The summed E-state index contributed by atoms with van der Waals surface area (Å²) in [5.74, 6) is 0.411. The number of benzene rings is 1. The largest absolute Gasteiger partial charge is 0.382 e. The van der Waals surface area contributed by atoms with E-state index in [2.05, 4.69) is 34.1 Å². The Morgan fingerprint density at radius 1 is 1.28 bits per heavy atom. The van der Waals surface area contributed by atoms with Crippen molar-refractivity contribution in [3.05, 3.63) is 34.3 Å². The number of nitrogens with two attached hydrogens (primary N) is 1. The monoisotopic (exact) mass is 315 g/mol. The van der Waals surface area contributed by atoms with Crippen molar-refractivity contribution in [2.24, 2.45) is 5.73 Å². The maximum Gasteiger partial charge on any atom is 0.0700 e. The van der Waals surface area contributed by atoms with Crippen molar-refractivity contribution in [1.29, 1.82) is 0 Å². The van der Waals surface area contributed by atoms with Gasteiger partial charge in [-0.1, -0.05) is 28.1 Å². The van der Waals surface area contributed by atoms with Gasteiger partial charge in [-0.25, -0.2) is 0 Å². The maximum atomic E-state index is 5.84. The molecule has 0 aliphatic heterocycles. The first-order chi connectivity index (χ1) is 8.77. The zero-order valence-corrected chi connectivity index (χ0v) is 12.5. The number of hydrogen-bond acceptors (Lipinski definition) is 3. The highest BCUT2D eigenvalue weighted by Gasteiger charge is 2.09. The van der Waals surface area contributed by atoms with Gasteiger partial charge >= 0.3 is 0 Å². The van der Waals surface area contributed by atoms with E-state index in [1.807, 2.05) is 6.07 Å². The SMILES string of the molecule is COCCOCCCC(CN)c1cccc(Br)c1. The highest BCUT2D eigenvalue weighted by Crippen LogP contribution is 2.23. The molecule has 1 rings (SSSR count). The second-order valence-corrected chi connectivity index (χ2v) is 5.15. The third kappa shape index (κ3) is 5.96. The number of hydrogen-bond donors (Lipinski definition) is 1. The van der Waals surface area contributed by atoms with Crippen LogP contribution in [0.2, 0.25) is 0 Å². The molecule has 0 spiro atoms. The van der Waals surface area contributed by atoms with Crippen LogP contribution in [-0.2, 0) is 9.47 Å². The Kier molecular flexibility index (Phi) is 8.25. The smallest absolute Gasteiger partial charge is 0.0700 e. The molecule has 4 heteroatoms. The lowest BCUT2D eigenvalue weighted by atomic mass is 9.95. The summed E-state index contributed by atoms with van der Waals surface area (Å²) in [6.07, 6.45) is 2.08. The minimum absolute atomic E-state index is 0.411. The highest BCUT2D eigenvalue weighted by molar-refractivity contribution is 9.10. The van der Waals surface area contributed by atoms with Gasteiger partial charge in [0.1, 0.15) is 0 Å². The third-order valence-corrected chi connectivity index (χ3v) is 3.37. The summed E-state index contributed by atoms with van der Waals surface area (Å²) in [5.41, 5.74) is 7.14.